The minimum Gasteiger partial charge on any atom is -0.252 e. The van der Waals surface area contributed by atoms with E-state index in [-0.39, 0.29) is 5.41 Å². The molecular formula is C51H34N2. The molecule has 9 aromatic carbocycles. The number of nitrogens with zero attached hydrogens (tertiary/aromatic N) is 2. The van der Waals surface area contributed by atoms with Crippen molar-refractivity contribution in [2.45, 2.75) is 19.3 Å². The van der Waals surface area contributed by atoms with Gasteiger partial charge in [0.05, 0.1) is 22.9 Å². The van der Waals surface area contributed by atoms with Crippen LogP contribution >= 0.6 is 0 Å². The maximum atomic E-state index is 5.36. The first-order chi connectivity index (χ1) is 26.1. The Morgan fingerprint density at radius 2 is 0.811 bits per heavy atom. The fourth-order valence-corrected chi connectivity index (χ4v) is 9.17. The van der Waals surface area contributed by atoms with Crippen molar-refractivity contribution in [2.75, 3.05) is 0 Å². The highest BCUT2D eigenvalue weighted by atomic mass is 14.8. The second kappa shape index (κ2) is 11.2. The largest absolute Gasteiger partial charge is 0.252 e. The molecule has 11 rings (SSSR count). The Morgan fingerprint density at radius 1 is 0.358 bits per heavy atom. The summed E-state index contributed by atoms with van der Waals surface area (Å²) < 4.78 is 0. The number of rotatable bonds is 3. The Bertz CT molecular complexity index is 3120. The average molecular weight is 675 g/mol. The second-order valence-corrected chi connectivity index (χ2v) is 14.9. The van der Waals surface area contributed by atoms with Crippen LogP contribution in [0.25, 0.3) is 98.8 Å². The maximum absolute atomic E-state index is 5.36. The maximum Gasteiger partial charge on any atom is 0.0979 e. The van der Waals surface area contributed by atoms with Gasteiger partial charge in [-0.3, -0.25) is 4.98 Å². The van der Waals surface area contributed by atoms with Gasteiger partial charge in [0.2, 0.25) is 0 Å². The van der Waals surface area contributed by atoms with E-state index in [1.165, 1.54) is 71.4 Å². The predicted molar refractivity (Wildman–Crippen MR) is 223 cm³/mol. The lowest BCUT2D eigenvalue weighted by atomic mass is 9.81. The van der Waals surface area contributed by atoms with Crippen molar-refractivity contribution in [1.29, 1.82) is 0 Å². The van der Waals surface area contributed by atoms with E-state index in [1.807, 2.05) is 6.20 Å². The fourth-order valence-electron chi connectivity index (χ4n) is 9.17. The van der Waals surface area contributed by atoms with Crippen LogP contribution in [-0.2, 0) is 5.41 Å². The number of aromatic nitrogens is 2. The molecule has 2 nitrogen and oxygen atoms in total. The zero-order valence-electron chi connectivity index (χ0n) is 29.6. The van der Waals surface area contributed by atoms with Crippen LogP contribution in [-0.4, -0.2) is 9.97 Å². The van der Waals surface area contributed by atoms with Gasteiger partial charge in [0.1, 0.15) is 0 Å². The summed E-state index contributed by atoms with van der Waals surface area (Å²) in [6, 6.07) is 59.7. The topological polar surface area (TPSA) is 25.8 Å². The SMILES string of the molecule is CC1(C)c2ccccc2-c2ccc(-c3ccc(-c4ccc(-c5cnc6c7ccccc7c7ccccc7c6n5)c5ccccc45)c4ccccc34)cc21. The molecule has 1 aliphatic rings. The lowest BCUT2D eigenvalue weighted by molar-refractivity contribution is 0.660. The van der Waals surface area contributed by atoms with Gasteiger partial charge in [0, 0.05) is 21.8 Å². The van der Waals surface area contributed by atoms with Crippen molar-refractivity contribution in [3.63, 3.8) is 0 Å². The Hall–Kier alpha value is -6.64. The summed E-state index contributed by atoms with van der Waals surface area (Å²) in [6.07, 6.45) is 1.95. The smallest absolute Gasteiger partial charge is 0.0979 e. The first-order valence-corrected chi connectivity index (χ1v) is 18.4. The van der Waals surface area contributed by atoms with Crippen LogP contribution in [0, 0.1) is 0 Å². The lowest BCUT2D eigenvalue weighted by Gasteiger charge is -2.22. The third-order valence-corrected chi connectivity index (χ3v) is 11.7. The van der Waals surface area contributed by atoms with Crippen LogP contribution in [0.3, 0.4) is 0 Å². The van der Waals surface area contributed by atoms with Crippen molar-refractivity contribution < 1.29 is 0 Å². The zero-order valence-corrected chi connectivity index (χ0v) is 29.6. The molecule has 1 aromatic heterocycles. The van der Waals surface area contributed by atoms with E-state index in [1.54, 1.807) is 0 Å². The van der Waals surface area contributed by atoms with Gasteiger partial charge in [-0.05, 0) is 82.9 Å². The number of hydrogen-bond donors (Lipinski definition) is 0. The summed E-state index contributed by atoms with van der Waals surface area (Å²) in [6.45, 7) is 4.70. The van der Waals surface area contributed by atoms with Crippen molar-refractivity contribution in [3.05, 3.63) is 181 Å². The first-order valence-electron chi connectivity index (χ1n) is 18.4. The summed E-state index contributed by atoms with van der Waals surface area (Å²) >= 11 is 0. The van der Waals surface area contributed by atoms with E-state index in [9.17, 15) is 0 Å². The monoisotopic (exact) mass is 674 g/mol. The molecule has 0 aliphatic heterocycles. The molecule has 0 amide bonds. The highest BCUT2D eigenvalue weighted by Gasteiger charge is 2.35. The van der Waals surface area contributed by atoms with E-state index < -0.39 is 0 Å². The van der Waals surface area contributed by atoms with Crippen molar-refractivity contribution in [1.82, 2.24) is 9.97 Å². The highest BCUT2D eigenvalue weighted by Crippen LogP contribution is 2.50. The third kappa shape index (κ3) is 4.33. The van der Waals surface area contributed by atoms with Gasteiger partial charge >= 0.3 is 0 Å². The molecule has 0 spiro atoms. The minimum atomic E-state index is -0.0470. The molecule has 0 saturated heterocycles. The molecule has 0 bridgehead atoms. The minimum absolute atomic E-state index is 0.0470. The normalized spacial score (nSPS) is 13.2. The van der Waals surface area contributed by atoms with Gasteiger partial charge in [-0.15, -0.1) is 0 Å². The van der Waals surface area contributed by atoms with Gasteiger partial charge < -0.3 is 0 Å². The summed E-state index contributed by atoms with van der Waals surface area (Å²) in [5, 5.41) is 9.52. The molecule has 53 heavy (non-hydrogen) atoms. The molecule has 0 saturated carbocycles. The number of benzene rings is 9. The van der Waals surface area contributed by atoms with Gasteiger partial charge in [-0.1, -0.05) is 172 Å². The standard InChI is InChI=1S/C51H34N2/c1-51(2)46-22-12-11-19-41(46)42-24-23-31(29-47(42)51)32-25-26-39(34-14-4-3-13-33(32)34)40-27-28-43(36-16-6-5-15-35(36)40)48-30-52-49-44-20-9-7-17-37(44)38-18-8-10-21-45(38)50(49)53-48/h3-30H,1-2H3. The molecule has 0 radical (unpaired) electrons. The number of hydrogen-bond acceptors (Lipinski definition) is 2. The molecule has 0 N–H and O–H groups in total. The van der Waals surface area contributed by atoms with E-state index in [0.717, 1.165) is 38.4 Å². The average Bonchev–Trinajstić information content (AvgIpc) is 3.45. The second-order valence-electron chi connectivity index (χ2n) is 14.9. The summed E-state index contributed by atoms with van der Waals surface area (Å²) in [7, 11) is 0. The van der Waals surface area contributed by atoms with E-state index >= 15 is 0 Å². The van der Waals surface area contributed by atoms with Gasteiger partial charge in [-0.25, -0.2) is 4.98 Å². The van der Waals surface area contributed by atoms with Gasteiger partial charge in [-0.2, -0.15) is 0 Å². The van der Waals surface area contributed by atoms with Gasteiger partial charge in [0.25, 0.3) is 0 Å². The molecular weight excluding hydrogens is 641 g/mol. The summed E-state index contributed by atoms with van der Waals surface area (Å²) in [5.74, 6) is 0. The molecule has 0 fully saturated rings. The van der Waals surface area contributed by atoms with Crippen LogP contribution in [0.15, 0.2) is 170 Å². The summed E-state index contributed by atoms with van der Waals surface area (Å²) in [5.41, 5.74) is 14.2. The Kier molecular flexibility index (Phi) is 6.33. The van der Waals surface area contributed by atoms with Crippen LogP contribution in [0.2, 0.25) is 0 Å². The Morgan fingerprint density at radius 3 is 1.47 bits per heavy atom. The van der Waals surface area contributed by atoms with Crippen LogP contribution in [0.1, 0.15) is 25.0 Å². The molecule has 2 heteroatoms. The molecule has 1 heterocycles. The molecule has 248 valence electrons. The van der Waals surface area contributed by atoms with E-state index in [4.69, 9.17) is 9.97 Å². The van der Waals surface area contributed by atoms with E-state index in [0.29, 0.717) is 0 Å². The van der Waals surface area contributed by atoms with Crippen molar-refractivity contribution in [2.24, 2.45) is 0 Å². The first kappa shape index (κ1) is 30.0. The summed E-state index contributed by atoms with van der Waals surface area (Å²) in [4.78, 5) is 10.4. The Labute approximate surface area is 308 Å². The molecule has 1 aliphatic carbocycles. The quantitative estimate of drug-likeness (QED) is 0.174. The fraction of sp³-hybridized carbons (Fsp3) is 0.0588. The van der Waals surface area contributed by atoms with Gasteiger partial charge in [0.15, 0.2) is 0 Å². The van der Waals surface area contributed by atoms with E-state index in [2.05, 4.69) is 178 Å². The lowest BCUT2D eigenvalue weighted by Crippen LogP contribution is -2.14. The number of fused-ring (bicyclic) bond motifs is 11. The highest BCUT2D eigenvalue weighted by molar-refractivity contribution is 6.23. The van der Waals surface area contributed by atoms with Crippen LogP contribution < -0.4 is 0 Å². The van der Waals surface area contributed by atoms with Crippen molar-refractivity contribution >= 4 is 54.1 Å². The molecule has 0 atom stereocenters. The molecule has 0 unspecified atom stereocenters. The van der Waals surface area contributed by atoms with Crippen LogP contribution in [0.4, 0.5) is 0 Å². The molecule has 10 aromatic rings. The zero-order chi connectivity index (χ0) is 35.3. The third-order valence-electron chi connectivity index (χ3n) is 11.7. The Balaban J connectivity index is 1.07. The predicted octanol–water partition coefficient (Wildman–Crippen LogP) is 13.5. The van der Waals surface area contributed by atoms with Crippen LogP contribution in [0.5, 0.6) is 0 Å². The van der Waals surface area contributed by atoms with Crippen molar-refractivity contribution in [3.8, 4) is 44.6 Å².